The van der Waals surface area contributed by atoms with Gasteiger partial charge in [-0.15, -0.1) is 0 Å². The number of aryl methyl sites for hydroxylation is 3. The van der Waals surface area contributed by atoms with Crippen LogP contribution >= 0.6 is 27.5 Å². The second-order valence-electron chi connectivity index (χ2n) is 4.98. The van der Waals surface area contributed by atoms with Gasteiger partial charge in [-0.3, -0.25) is 9.48 Å². The van der Waals surface area contributed by atoms with Crippen molar-refractivity contribution in [2.75, 3.05) is 11.9 Å². The van der Waals surface area contributed by atoms with Crippen molar-refractivity contribution in [2.45, 2.75) is 13.8 Å². The average Bonchev–Trinajstić information content (AvgIpc) is 2.73. The van der Waals surface area contributed by atoms with E-state index in [-0.39, 0.29) is 10.7 Å². The molecule has 1 N–H and O–H groups in total. The maximum Gasteiger partial charge on any atom is 0.343 e. The first-order chi connectivity index (χ1) is 10.8. The fourth-order valence-corrected chi connectivity index (χ4v) is 2.82. The third-order valence-corrected chi connectivity index (χ3v) is 4.18. The molecule has 1 aromatic heterocycles. The highest BCUT2D eigenvalue weighted by Gasteiger charge is 2.21. The van der Waals surface area contributed by atoms with E-state index in [2.05, 4.69) is 26.3 Å². The maximum absolute atomic E-state index is 12.0. The fourth-order valence-electron chi connectivity index (χ4n) is 1.97. The zero-order chi connectivity index (χ0) is 17.1. The summed E-state index contributed by atoms with van der Waals surface area (Å²) in [7, 11) is 1.62. The Balaban J connectivity index is 1.97. The predicted octanol–water partition coefficient (Wildman–Crippen LogP) is 3.25. The number of anilines is 1. The molecule has 0 radical (unpaired) electrons. The van der Waals surface area contributed by atoms with Crippen LogP contribution in [0.15, 0.2) is 22.7 Å². The molecule has 8 heteroatoms. The van der Waals surface area contributed by atoms with Gasteiger partial charge in [0.25, 0.3) is 5.91 Å². The van der Waals surface area contributed by atoms with E-state index in [9.17, 15) is 9.59 Å². The Morgan fingerprint density at radius 2 is 2.09 bits per heavy atom. The molecule has 6 nitrogen and oxygen atoms in total. The van der Waals surface area contributed by atoms with E-state index in [4.69, 9.17) is 16.3 Å². The molecule has 1 heterocycles. The molecular formula is C15H15BrClN3O3. The Kier molecular flexibility index (Phi) is 5.43. The first-order valence-electron chi connectivity index (χ1n) is 6.72. The lowest BCUT2D eigenvalue weighted by atomic mass is 10.2. The second-order valence-corrected chi connectivity index (χ2v) is 6.19. The van der Waals surface area contributed by atoms with Crippen LogP contribution in [0.25, 0.3) is 0 Å². The summed E-state index contributed by atoms with van der Waals surface area (Å²) in [6.45, 7) is 3.17. The van der Waals surface area contributed by atoms with E-state index < -0.39 is 18.5 Å². The van der Waals surface area contributed by atoms with Crippen molar-refractivity contribution in [2.24, 2.45) is 7.05 Å². The van der Waals surface area contributed by atoms with Crippen molar-refractivity contribution >= 4 is 45.1 Å². The van der Waals surface area contributed by atoms with E-state index in [1.165, 1.54) is 4.68 Å². The summed E-state index contributed by atoms with van der Waals surface area (Å²) in [5.41, 5.74) is 2.28. The van der Waals surface area contributed by atoms with Gasteiger partial charge in [-0.1, -0.05) is 17.7 Å². The quantitative estimate of drug-likeness (QED) is 0.800. The summed E-state index contributed by atoms with van der Waals surface area (Å²) in [5, 5.41) is 6.86. The molecule has 2 aromatic rings. The summed E-state index contributed by atoms with van der Waals surface area (Å²) in [6.07, 6.45) is 0. The Morgan fingerprint density at radius 3 is 2.65 bits per heavy atom. The molecule has 0 atom stereocenters. The SMILES string of the molecule is Cc1ccc(NC(=O)COC(=O)c2c(C)nn(C)c2Cl)c(Br)c1. The van der Waals surface area contributed by atoms with Crippen molar-refractivity contribution in [1.29, 1.82) is 0 Å². The summed E-state index contributed by atoms with van der Waals surface area (Å²) in [6, 6.07) is 5.51. The number of carbonyl (C=O) groups is 2. The number of hydrogen-bond donors (Lipinski definition) is 1. The maximum atomic E-state index is 12.0. The standard InChI is InChI=1S/C15H15BrClN3O3/c1-8-4-5-11(10(16)6-8)18-12(21)7-23-15(22)13-9(2)19-20(3)14(13)17/h4-6H,7H2,1-3H3,(H,18,21). The lowest BCUT2D eigenvalue weighted by molar-refractivity contribution is -0.119. The van der Waals surface area contributed by atoms with Crippen LogP contribution in [0.5, 0.6) is 0 Å². The van der Waals surface area contributed by atoms with E-state index in [1.54, 1.807) is 20.0 Å². The summed E-state index contributed by atoms with van der Waals surface area (Å²) >= 11 is 9.35. The number of esters is 1. The number of nitrogens with zero attached hydrogens (tertiary/aromatic N) is 2. The zero-order valence-corrected chi connectivity index (χ0v) is 15.2. The van der Waals surface area contributed by atoms with Crippen LogP contribution in [0.3, 0.4) is 0 Å². The van der Waals surface area contributed by atoms with Gasteiger partial charge in [-0.25, -0.2) is 4.79 Å². The molecule has 0 saturated heterocycles. The Hall–Kier alpha value is -1.86. The number of rotatable bonds is 4. The van der Waals surface area contributed by atoms with Crippen LogP contribution in [0.1, 0.15) is 21.6 Å². The molecule has 0 bridgehead atoms. The van der Waals surface area contributed by atoms with Crippen LogP contribution < -0.4 is 5.32 Å². The van der Waals surface area contributed by atoms with Gasteiger partial charge in [-0.05, 0) is 47.5 Å². The Morgan fingerprint density at radius 1 is 1.39 bits per heavy atom. The lowest BCUT2D eigenvalue weighted by Crippen LogP contribution is -2.21. The molecule has 0 aliphatic heterocycles. The minimum Gasteiger partial charge on any atom is -0.452 e. The van der Waals surface area contributed by atoms with Crippen LogP contribution in [0, 0.1) is 13.8 Å². The minimum absolute atomic E-state index is 0.165. The Bertz CT molecular complexity index is 774. The molecule has 0 aliphatic rings. The normalized spacial score (nSPS) is 10.5. The van der Waals surface area contributed by atoms with Gasteiger partial charge in [0.05, 0.1) is 11.4 Å². The highest BCUT2D eigenvalue weighted by molar-refractivity contribution is 9.10. The van der Waals surface area contributed by atoms with Crippen molar-refractivity contribution in [1.82, 2.24) is 9.78 Å². The van der Waals surface area contributed by atoms with E-state index in [1.807, 2.05) is 19.1 Å². The molecule has 2 rings (SSSR count). The van der Waals surface area contributed by atoms with Crippen molar-refractivity contribution in [3.8, 4) is 0 Å². The minimum atomic E-state index is -0.682. The molecular weight excluding hydrogens is 386 g/mol. The molecule has 23 heavy (non-hydrogen) atoms. The van der Waals surface area contributed by atoms with Gasteiger partial charge in [-0.2, -0.15) is 5.10 Å². The first kappa shape index (κ1) is 17.5. The number of amides is 1. The van der Waals surface area contributed by atoms with E-state index in [0.29, 0.717) is 11.4 Å². The predicted molar refractivity (Wildman–Crippen MR) is 90.7 cm³/mol. The van der Waals surface area contributed by atoms with Crippen LogP contribution in [0.2, 0.25) is 5.15 Å². The summed E-state index contributed by atoms with van der Waals surface area (Å²) < 4.78 is 7.12. The Labute approximate surface area is 146 Å². The number of benzene rings is 1. The van der Waals surface area contributed by atoms with Gasteiger partial charge >= 0.3 is 5.97 Å². The third kappa shape index (κ3) is 4.11. The molecule has 0 saturated carbocycles. The largest absolute Gasteiger partial charge is 0.452 e. The monoisotopic (exact) mass is 399 g/mol. The fraction of sp³-hybridized carbons (Fsp3) is 0.267. The molecule has 0 unspecified atom stereocenters. The number of carbonyl (C=O) groups excluding carboxylic acids is 2. The number of nitrogens with one attached hydrogen (secondary N) is 1. The highest BCUT2D eigenvalue weighted by Crippen LogP contribution is 2.23. The molecule has 1 aromatic carbocycles. The topological polar surface area (TPSA) is 73.2 Å². The van der Waals surface area contributed by atoms with Crippen LogP contribution in [0.4, 0.5) is 5.69 Å². The van der Waals surface area contributed by atoms with E-state index >= 15 is 0 Å². The number of hydrogen-bond acceptors (Lipinski definition) is 4. The third-order valence-electron chi connectivity index (χ3n) is 3.09. The molecule has 0 fully saturated rings. The first-order valence-corrected chi connectivity index (χ1v) is 7.89. The summed E-state index contributed by atoms with van der Waals surface area (Å²) in [5.74, 6) is -1.13. The molecule has 0 spiro atoms. The van der Waals surface area contributed by atoms with Gasteiger partial charge < -0.3 is 10.1 Å². The zero-order valence-electron chi connectivity index (χ0n) is 12.8. The number of ether oxygens (including phenoxy) is 1. The van der Waals surface area contributed by atoms with Gasteiger partial charge in [0.2, 0.25) is 0 Å². The smallest absolute Gasteiger partial charge is 0.343 e. The number of halogens is 2. The second kappa shape index (κ2) is 7.14. The molecule has 122 valence electrons. The van der Waals surface area contributed by atoms with Gasteiger partial charge in [0.1, 0.15) is 10.7 Å². The summed E-state index contributed by atoms with van der Waals surface area (Å²) in [4.78, 5) is 23.9. The molecule has 0 aliphatic carbocycles. The van der Waals surface area contributed by atoms with Crippen molar-refractivity contribution in [3.63, 3.8) is 0 Å². The van der Waals surface area contributed by atoms with E-state index in [0.717, 1.165) is 10.0 Å². The van der Waals surface area contributed by atoms with Crippen molar-refractivity contribution < 1.29 is 14.3 Å². The lowest BCUT2D eigenvalue weighted by Gasteiger charge is -2.08. The van der Waals surface area contributed by atoms with Gasteiger partial charge in [0, 0.05) is 11.5 Å². The average molecular weight is 401 g/mol. The number of aromatic nitrogens is 2. The van der Waals surface area contributed by atoms with Crippen LogP contribution in [-0.2, 0) is 16.6 Å². The highest BCUT2D eigenvalue weighted by atomic mass is 79.9. The van der Waals surface area contributed by atoms with Crippen molar-refractivity contribution in [3.05, 3.63) is 44.6 Å². The molecule has 1 amide bonds. The van der Waals surface area contributed by atoms with Crippen LogP contribution in [-0.4, -0.2) is 28.3 Å². The van der Waals surface area contributed by atoms with Gasteiger partial charge in [0.15, 0.2) is 6.61 Å².